The standard InChI is InChI=1S/C11H14FN/c1-10(2)11(12,8-13-10)9-6-4-3-5-7-9/h3-7,13H,8H2,1-2H3. The average molecular weight is 179 g/mol. The number of hydrogen-bond acceptors (Lipinski definition) is 1. The molecule has 1 heterocycles. The molecule has 1 atom stereocenters. The lowest BCUT2D eigenvalue weighted by Gasteiger charge is -2.51. The van der Waals surface area contributed by atoms with Gasteiger partial charge in [-0.3, -0.25) is 0 Å². The summed E-state index contributed by atoms with van der Waals surface area (Å²) in [6.45, 7) is 4.21. The molecule has 0 bridgehead atoms. The second-order valence-electron chi connectivity index (χ2n) is 4.15. The van der Waals surface area contributed by atoms with Crippen molar-refractivity contribution in [2.45, 2.75) is 25.1 Å². The monoisotopic (exact) mass is 179 g/mol. The lowest BCUT2D eigenvalue weighted by molar-refractivity contribution is -0.0349. The van der Waals surface area contributed by atoms with Crippen LogP contribution in [0.5, 0.6) is 0 Å². The van der Waals surface area contributed by atoms with Crippen LogP contribution in [0.2, 0.25) is 0 Å². The summed E-state index contributed by atoms with van der Waals surface area (Å²) in [6.07, 6.45) is 0. The Labute approximate surface area is 78.0 Å². The van der Waals surface area contributed by atoms with Crippen molar-refractivity contribution in [1.29, 1.82) is 0 Å². The predicted molar refractivity (Wildman–Crippen MR) is 51.3 cm³/mol. The number of rotatable bonds is 1. The SMILES string of the molecule is CC1(C)NCC1(F)c1ccccc1. The Balaban J connectivity index is 2.37. The van der Waals surface area contributed by atoms with Crippen LogP contribution in [-0.4, -0.2) is 12.1 Å². The van der Waals surface area contributed by atoms with Gasteiger partial charge in [-0.2, -0.15) is 0 Å². The Morgan fingerprint density at radius 3 is 2.23 bits per heavy atom. The molecule has 1 aromatic carbocycles. The minimum Gasteiger partial charge on any atom is -0.305 e. The van der Waals surface area contributed by atoms with Gasteiger partial charge in [-0.25, -0.2) is 4.39 Å². The van der Waals surface area contributed by atoms with Gasteiger partial charge in [0.15, 0.2) is 5.67 Å². The van der Waals surface area contributed by atoms with Gasteiger partial charge in [-0.1, -0.05) is 30.3 Å². The zero-order valence-corrected chi connectivity index (χ0v) is 7.97. The van der Waals surface area contributed by atoms with Crippen molar-refractivity contribution in [3.05, 3.63) is 35.9 Å². The third-order valence-corrected chi connectivity index (χ3v) is 3.00. The fourth-order valence-corrected chi connectivity index (χ4v) is 1.76. The van der Waals surface area contributed by atoms with Gasteiger partial charge in [-0.15, -0.1) is 0 Å². The van der Waals surface area contributed by atoms with Gasteiger partial charge in [-0.05, 0) is 19.4 Å². The molecule has 1 aliphatic heterocycles. The van der Waals surface area contributed by atoms with E-state index in [1.54, 1.807) is 0 Å². The van der Waals surface area contributed by atoms with E-state index in [0.29, 0.717) is 6.54 Å². The predicted octanol–water partition coefficient (Wildman–Crippen LogP) is 2.23. The third kappa shape index (κ3) is 1.09. The Morgan fingerprint density at radius 1 is 1.23 bits per heavy atom. The first-order valence-electron chi connectivity index (χ1n) is 4.56. The summed E-state index contributed by atoms with van der Waals surface area (Å²) in [5.41, 5.74) is -0.860. The zero-order chi connectivity index (χ0) is 9.53. The van der Waals surface area contributed by atoms with Crippen LogP contribution in [0.15, 0.2) is 30.3 Å². The summed E-state index contributed by atoms with van der Waals surface area (Å²) in [5.74, 6) is 0. The number of benzene rings is 1. The minimum absolute atomic E-state index is 0.421. The molecule has 0 amide bonds. The molecule has 1 fully saturated rings. The van der Waals surface area contributed by atoms with Crippen molar-refractivity contribution in [3.63, 3.8) is 0 Å². The number of halogens is 1. The van der Waals surface area contributed by atoms with Crippen molar-refractivity contribution in [1.82, 2.24) is 5.32 Å². The Hall–Kier alpha value is -0.890. The normalized spacial score (nSPS) is 31.0. The Kier molecular flexibility index (Phi) is 1.70. The molecule has 70 valence electrons. The molecule has 1 N–H and O–H groups in total. The van der Waals surface area contributed by atoms with Crippen LogP contribution in [0.25, 0.3) is 0 Å². The Bertz CT molecular complexity index is 307. The lowest BCUT2D eigenvalue weighted by Crippen LogP contribution is -2.70. The van der Waals surface area contributed by atoms with Crippen LogP contribution in [-0.2, 0) is 5.67 Å². The topological polar surface area (TPSA) is 12.0 Å². The molecule has 1 saturated heterocycles. The van der Waals surface area contributed by atoms with Crippen molar-refractivity contribution >= 4 is 0 Å². The third-order valence-electron chi connectivity index (χ3n) is 3.00. The van der Waals surface area contributed by atoms with E-state index in [1.165, 1.54) is 0 Å². The van der Waals surface area contributed by atoms with E-state index in [4.69, 9.17) is 0 Å². The van der Waals surface area contributed by atoms with Gasteiger partial charge in [0.05, 0.1) is 5.54 Å². The van der Waals surface area contributed by atoms with Gasteiger partial charge < -0.3 is 5.32 Å². The van der Waals surface area contributed by atoms with Gasteiger partial charge in [0.25, 0.3) is 0 Å². The van der Waals surface area contributed by atoms with E-state index in [-0.39, 0.29) is 0 Å². The van der Waals surface area contributed by atoms with E-state index in [1.807, 2.05) is 44.2 Å². The van der Waals surface area contributed by atoms with E-state index in [0.717, 1.165) is 5.56 Å². The summed E-state index contributed by atoms with van der Waals surface area (Å²) < 4.78 is 14.4. The second-order valence-corrected chi connectivity index (χ2v) is 4.15. The molecule has 2 heteroatoms. The van der Waals surface area contributed by atoms with Gasteiger partial charge >= 0.3 is 0 Å². The molecule has 1 nitrogen and oxygen atoms in total. The molecule has 1 unspecified atom stereocenters. The lowest BCUT2D eigenvalue weighted by atomic mass is 9.72. The largest absolute Gasteiger partial charge is 0.305 e. The molecule has 0 saturated carbocycles. The number of hydrogen-bond donors (Lipinski definition) is 1. The summed E-state index contributed by atoms with van der Waals surface area (Å²) in [4.78, 5) is 0. The molecule has 13 heavy (non-hydrogen) atoms. The van der Waals surface area contributed by atoms with Crippen LogP contribution in [0.4, 0.5) is 4.39 Å². The van der Waals surface area contributed by atoms with Crippen LogP contribution >= 0.6 is 0 Å². The molecular formula is C11H14FN. The maximum absolute atomic E-state index is 14.4. The highest BCUT2D eigenvalue weighted by molar-refractivity contribution is 5.31. The van der Waals surface area contributed by atoms with Crippen molar-refractivity contribution in [3.8, 4) is 0 Å². The molecule has 1 aliphatic rings. The zero-order valence-electron chi connectivity index (χ0n) is 7.97. The highest BCUT2D eigenvalue weighted by atomic mass is 19.1. The van der Waals surface area contributed by atoms with Crippen LogP contribution in [0.3, 0.4) is 0 Å². The fourth-order valence-electron chi connectivity index (χ4n) is 1.76. The first-order chi connectivity index (χ1) is 6.06. The summed E-state index contributed by atoms with van der Waals surface area (Å²) in [6, 6.07) is 9.37. The maximum atomic E-state index is 14.4. The number of alkyl halides is 1. The van der Waals surface area contributed by atoms with Gasteiger partial charge in [0.1, 0.15) is 0 Å². The number of nitrogens with one attached hydrogen (secondary N) is 1. The fraction of sp³-hybridized carbons (Fsp3) is 0.455. The molecule has 0 spiro atoms. The second kappa shape index (κ2) is 2.55. The average Bonchev–Trinajstić information content (AvgIpc) is 2.16. The first kappa shape index (κ1) is 8.70. The quantitative estimate of drug-likeness (QED) is 0.697. The van der Waals surface area contributed by atoms with Crippen molar-refractivity contribution in [2.75, 3.05) is 6.54 Å². The van der Waals surface area contributed by atoms with E-state index < -0.39 is 11.2 Å². The minimum atomic E-state index is -1.20. The Morgan fingerprint density at radius 2 is 1.85 bits per heavy atom. The first-order valence-corrected chi connectivity index (χ1v) is 4.56. The highest BCUT2D eigenvalue weighted by Crippen LogP contribution is 2.42. The maximum Gasteiger partial charge on any atom is 0.165 e. The van der Waals surface area contributed by atoms with Crippen LogP contribution < -0.4 is 5.32 Å². The van der Waals surface area contributed by atoms with Crippen LogP contribution in [0.1, 0.15) is 19.4 Å². The summed E-state index contributed by atoms with van der Waals surface area (Å²) >= 11 is 0. The highest BCUT2D eigenvalue weighted by Gasteiger charge is 2.54. The molecule has 1 aromatic rings. The summed E-state index contributed by atoms with van der Waals surface area (Å²) in [5, 5.41) is 3.10. The molecule has 0 aromatic heterocycles. The summed E-state index contributed by atoms with van der Waals surface area (Å²) in [7, 11) is 0. The smallest absolute Gasteiger partial charge is 0.165 e. The van der Waals surface area contributed by atoms with Crippen molar-refractivity contribution in [2.24, 2.45) is 0 Å². The molecule has 0 aliphatic carbocycles. The molecule has 0 radical (unpaired) electrons. The van der Waals surface area contributed by atoms with Gasteiger partial charge in [0.2, 0.25) is 0 Å². The van der Waals surface area contributed by atoms with E-state index >= 15 is 0 Å². The van der Waals surface area contributed by atoms with Crippen molar-refractivity contribution < 1.29 is 4.39 Å². The van der Waals surface area contributed by atoms with Gasteiger partial charge in [0, 0.05) is 6.54 Å². The molecular weight excluding hydrogens is 165 g/mol. The van der Waals surface area contributed by atoms with Crippen LogP contribution in [0, 0.1) is 0 Å². The van der Waals surface area contributed by atoms with E-state index in [9.17, 15) is 4.39 Å². The van der Waals surface area contributed by atoms with E-state index in [2.05, 4.69) is 5.32 Å². The molecule has 2 rings (SSSR count).